The Morgan fingerprint density at radius 1 is 1.48 bits per heavy atom. The molecular weight excluding hydrogens is 340 g/mol. The first-order valence-corrected chi connectivity index (χ1v) is 9.64. The number of nitrogens with zero attached hydrogens (tertiary/aromatic N) is 1. The minimum absolute atomic E-state index is 0.208. The number of carbonyl (C=O) groups excluding carboxylic acids is 1. The second kappa shape index (κ2) is 6.98. The van der Waals surface area contributed by atoms with Gasteiger partial charge in [0.2, 0.25) is 5.91 Å². The van der Waals surface area contributed by atoms with Crippen molar-refractivity contribution in [1.29, 1.82) is 0 Å². The van der Waals surface area contributed by atoms with Crippen molar-refractivity contribution in [1.82, 2.24) is 9.62 Å². The molecule has 9 heteroatoms. The van der Waals surface area contributed by atoms with Gasteiger partial charge >= 0.3 is 5.97 Å². The summed E-state index contributed by atoms with van der Waals surface area (Å²) in [6.45, 7) is 3.73. The van der Waals surface area contributed by atoms with E-state index in [4.69, 9.17) is 5.11 Å². The molecule has 0 saturated carbocycles. The van der Waals surface area contributed by atoms with E-state index >= 15 is 0 Å². The maximum atomic E-state index is 12.7. The molecule has 1 amide bonds. The fourth-order valence-corrected chi connectivity index (χ4v) is 5.63. The zero-order valence-electron chi connectivity index (χ0n) is 13.0. The summed E-state index contributed by atoms with van der Waals surface area (Å²) in [6, 6.07) is 1.40. The van der Waals surface area contributed by atoms with Gasteiger partial charge in [-0.1, -0.05) is 6.92 Å². The normalized spacial score (nSPS) is 20.3. The monoisotopic (exact) mass is 360 g/mol. The van der Waals surface area contributed by atoms with E-state index < -0.39 is 34.0 Å². The maximum Gasteiger partial charge on any atom is 0.326 e. The van der Waals surface area contributed by atoms with Gasteiger partial charge in [-0.3, -0.25) is 4.79 Å². The van der Waals surface area contributed by atoms with Gasteiger partial charge in [0.1, 0.15) is 16.3 Å². The molecule has 1 fully saturated rings. The van der Waals surface area contributed by atoms with Crippen LogP contribution in [0.4, 0.5) is 0 Å². The number of hydrogen-bond acceptors (Lipinski definition) is 5. The van der Waals surface area contributed by atoms with Gasteiger partial charge in [0.15, 0.2) is 0 Å². The zero-order valence-corrected chi connectivity index (χ0v) is 14.6. The third kappa shape index (κ3) is 3.73. The summed E-state index contributed by atoms with van der Waals surface area (Å²) >= 11 is 1.16. The van der Waals surface area contributed by atoms with Crippen LogP contribution in [-0.2, 0) is 19.6 Å². The van der Waals surface area contributed by atoms with Crippen molar-refractivity contribution in [3.63, 3.8) is 0 Å². The fraction of sp³-hybridized carbons (Fsp3) is 0.571. The fourth-order valence-electron chi connectivity index (χ4n) is 2.56. The van der Waals surface area contributed by atoms with Crippen LogP contribution in [0.3, 0.4) is 0 Å². The van der Waals surface area contributed by atoms with Gasteiger partial charge in [-0.25, -0.2) is 13.2 Å². The summed E-state index contributed by atoms with van der Waals surface area (Å²) in [4.78, 5) is 24.2. The average Bonchev–Trinajstić information content (AvgIpc) is 3.13. The lowest BCUT2D eigenvalue weighted by molar-refractivity contribution is -0.142. The first-order chi connectivity index (χ1) is 10.8. The molecule has 0 aromatic carbocycles. The van der Waals surface area contributed by atoms with Crippen molar-refractivity contribution in [2.24, 2.45) is 0 Å². The minimum atomic E-state index is -3.73. The molecule has 0 aliphatic carbocycles. The summed E-state index contributed by atoms with van der Waals surface area (Å²) in [7, 11) is -3.73. The van der Waals surface area contributed by atoms with Gasteiger partial charge in [0, 0.05) is 11.4 Å². The van der Waals surface area contributed by atoms with Crippen molar-refractivity contribution in [3.8, 4) is 0 Å². The van der Waals surface area contributed by atoms with Crippen LogP contribution in [0.1, 0.15) is 31.1 Å². The molecule has 7 nitrogen and oxygen atoms in total. The Morgan fingerprint density at radius 2 is 2.17 bits per heavy atom. The molecule has 2 atom stereocenters. The lowest BCUT2D eigenvalue weighted by Gasteiger charge is -2.24. The first kappa shape index (κ1) is 17.9. The Bertz CT molecular complexity index is 698. The molecule has 23 heavy (non-hydrogen) atoms. The quantitative estimate of drug-likeness (QED) is 0.793. The second-order valence-corrected chi connectivity index (χ2v) is 8.85. The summed E-state index contributed by atoms with van der Waals surface area (Å²) in [5.41, 5.74) is 0. The summed E-state index contributed by atoms with van der Waals surface area (Å²) in [5, 5.41) is 11.5. The number of aliphatic carboxylic acids is 1. The lowest BCUT2D eigenvalue weighted by atomic mass is 10.2. The Morgan fingerprint density at radius 3 is 2.70 bits per heavy atom. The summed E-state index contributed by atoms with van der Waals surface area (Å²) in [5.74, 6) is -1.67. The van der Waals surface area contributed by atoms with E-state index in [9.17, 15) is 18.0 Å². The van der Waals surface area contributed by atoms with Crippen LogP contribution in [0.5, 0.6) is 0 Å². The number of carboxylic acids is 1. The molecule has 1 aliphatic heterocycles. The molecule has 0 bridgehead atoms. The highest BCUT2D eigenvalue weighted by Crippen LogP contribution is 2.30. The molecule has 1 aliphatic rings. The van der Waals surface area contributed by atoms with Crippen LogP contribution in [-0.4, -0.2) is 48.3 Å². The SMILES string of the molecule is CCC(NC(=O)C1CCCN1S(=O)(=O)c1ccc(C)s1)C(=O)O. The number of rotatable bonds is 6. The second-order valence-electron chi connectivity index (χ2n) is 5.45. The smallest absolute Gasteiger partial charge is 0.326 e. The van der Waals surface area contributed by atoms with Crippen molar-refractivity contribution < 1.29 is 23.1 Å². The first-order valence-electron chi connectivity index (χ1n) is 7.38. The zero-order chi connectivity index (χ0) is 17.2. The molecule has 2 unspecified atom stereocenters. The Hall–Kier alpha value is -1.45. The molecular formula is C14H20N2O5S2. The van der Waals surface area contributed by atoms with Crippen molar-refractivity contribution in [3.05, 3.63) is 17.0 Å². The number of amides is 1. The average molecular weight is 360 g/mol. The Balaban J connectivity index is 2.20. The van der Waals surface area contributed by atoms with Crippen molar-refractivity contribution in [2.75, 3.05) is 6.54 Å². The molecule has 1 saturated heterocycles. The van der Waals surface area contributed by atoms with E-state index in [0.717, 1.165) is 16.2 Å². The molecule has 2 heterocycles. The van der Waals surface area contributed by atoms with Crippen LogP contribution in [0.25, 0.3) is 0 Å². The third-order valence-corrected chi connectivity index (χ3v) is 7.18. The number of nitrogens with one attached hydrogen (secondary N) is 1. The highest BCUT2D eigenvalue weighted by atomic mass is 32.2. The van der Waals surface area contributed by atoms with Gasteiger partial charge in [-0.2, -0.15) is 4.31 Å². The predicted molar refractivity (Wildman–Crippen MR) is 85.8 cm³/mol. The van der Waals surface area contributed by atoms with Crippen LogP contribution >= 0.6 is 11.3 Å². The van der Waals surface area contributed by atoms with Crippen LogP contribution in [0.15, 0.2) is 16.3 Å². The topological polar surface area (TPSA) is 104 Å². The molecule has 0 spiro atoms. The highest BCUT2D eigenvalue weighted by molar-refractivity contribution is 7.91. The van der Waals surface area contributed by atoms with E-state index in [0.29, 0.717) is 12.8 Å². The molecule has 1 aromatic rings. The number of sulfonamides is 1. The molecule has 1 aromatic heterocycles. The van der Waals surface area contributed by atoms with Gasteiger partial charge in [0.05, 0.1) is 0 Å². The van der Waals surface area contributed by atoms with Crippen LogP contribution < -0.4 is 5.32 Å². The van der Waals surface area contributed by atoms with Gasteiger partial charge in [0.25, 0.3) is 10.0 Å². The number of aryl methyl sites for hydroxylation is 1. The Kier molecular flexibility index (Phi) is 5.43. The molecule has 2 rings (SSSR count). The standard InChI is InChI=1S/C14H20N2O5S2/c1-3-10(14(18)19)15-13(17)11-5-4-8-16(11)23(20,21)12-7-6-9(2)22-12/h6-7,10-11H,3-5,8H2,1-2H3,(H,15,17)(H,18,19). The van der Waals surface area contributed by atoms with Crippen molar-refractivity contribution in [2.45, 2.75) is 49.4 Å². The maximum absolute atomic E-state index is 12.7. The van der Waals surface area contributed by atoms with E-state index in [1.165, 1.54) is 10.4 Å². The van der Waals surface area contributed by atoms with Gasteiger partial charge in [-0.05, 0) is 38.3 Å². The van der Waals surface area contributed by atoms with Crippen LogP contribution in [0.2, 0.25) is 0 Å². The number of thiophene rings is 1. The largest absolute Gasteiger partial charge is 0.480 e. The van der Waals surface area contributed by atoms with E-state index in [2.05, 4.69) is 5.32 Å². The van der Waals surface area contributed by atoms with Gasteiger partial charge in [-0.15, -0.1) is 11.3 Å². The van der Waals surface area contributed by atoms with E-state index in [1.807, 2.05) is 6.92 Å². The number of carbonyl (C=O) groups is 2. The lowest BCUT2D eigenvalue weighted by Crippen LogP contribution is -2.50. The Labute approximate surface area is 139 Å². The van der Waals surface area contributed by atoms with Gasteiger partial charge < -0.3 is 10.4 Å². The minimum Gasteiger partial charge on any atom is -0.480 e. The summed E-state index contributed by atoms with van der Waals surface area (Å²) in [6.07, 6.45) is 1.21. The van der Waals surface area contributed by atoms with E-state index in [1.54, 1.807) is 13.0 Å². The van der Waals surface area contributed by atoms with E-state index in [-0.39, 0.29) is 17.2 Å². The number of carboxylic acid groups (broad SMARTS) is 1. The molecule has 0 radical (unpaired) electrons. The third-order valence-electron chi connectivity index (χ3n) is 3.81. The van der Waals surface area contributed by atoms with Crippen molar-refractivity contribution >= 4 is 33.2 Å². The molecule has 2 N–H and O–H groups in total. The highest BCUT2D eigenvalue weighted by Gasteiger charge is 2.40. The molecule has 128 valence electrons. The predicted octanol–water partition coefficient (Wildman–Crippen LogP) is 1.19. The summed E-state index contributed by atoms with van der Waals surface area (Å²) < 4.78 is 26.8. The van der Waals surface area contributed by atoms with Crippen LogP contribution in [0, 0.1) is 6.92 Å². The number of hydrogen-bond donors (Lipinski definition) is 2.